The Bertz CT molecular complexity index is 247. The van der Waals surface area contributed by atoms with E-state index in [1.807, 2.05) is 0 Å². The molecule has 0 fully saturated rings. The number of esters is 1. The maximum atomic E-state index is 11.0. The number of carbonyl (C=O) groups excluding carboxylic acids is 1. The molecule has 0 aromatic heterocycles. The molecule has 0 bridgehead atoms. The molecule has 0 aliphatic carbocycles. The van der Waals surface area contributed by atoms with Crippen LogP contribution < -0.4 is 5.73 Å². The van der Waals surface area contributed by atoms with Crippen molar-refractivity contribution in [3.05, 3.63) is 0 Å². The monoisotopic (exact) mass is 227 g/mol. The quantitative estimate of drug-likeness (QED) is 0.262. The first-order chi connectivity index (χ1) is 6.23. The summed E-state index contributed by atoms with van der Waals surface area (Å²) in [6.07, 6.45) is 0.364. The van der Waals surface area contributed by atoms with Gasteiger partial charge in [0.1, 0.15) is 0 Å². The summed E-state index contributed by atoms with van der Waals surface area (Å²) in [7, 11) is -4.92. The summed E-state index contributed by atoms with van der Waals surface area (Å²) in [5, 5.41) is 6.36. The molecule has 0 aromatic rings. The molecule has 14 heavy (non-hydrogen) atoms. The molecule has 0 heterocycles. The van der Waals surface area contributed by atoms with E-state index in [-0.39, 0.29) is 13.2 Å². The van der Waals surface area contributed by atoms with Crippen LogP contribution in [0.15, 0.2) is 0 Å². The third kappa shape index (κ3) is 3.36. The molecule has 1 atom stereocenters. The van der Waals surface area contributed by atoms with Crippen LogP contribution in [0.2, 0.25) is 0 Å². The van der Waals surface area contributed by atoms with Gasteiger partial charge in [-0.2, -0.15) is 0 Å². The Morgan fingerprint density at radius 3 is 2.43 bits per heavy atom. The van der Waals surface area contributed by atoms with E-state index >= 15 is 0 Å². The maximum absolute atomic E-state index is 11.0. The Hall–Kier alpha value is -0.460. The Kier molecular flexibility index (Phi) is 4.70. The van der Waals surface area contributed by atoms with Gasteiger partial charge in [-0.05, 0) is 19.9 Å². The molecule has 1 unspecified atom stereocenters. The van der Waals surface area contributed by atoms with Crippen LogP contribution in [0.25, 0.3) is 0 Å². The van der Waals surface area contributed by atoms with Crippen LogP contribution in [0, 0.1) is 0 Å². The van der Waals surface area contributed by atoms with Crippen LogP contribution in [-0.2, 0) is 14.1 Å². The normalized spacial score (nSPS) is 16.1. The SMILES string of the molecule is CC(O)(C(=O)OCCCN)P(=O)(O)O. The summed E-state index contributed by atoms with van der Waals surface area (Å²) >= 11 is 0. The Morgan fingerprint density at radius 2 is 2.07 bits per heavy atom. The first-order valence-electron chi connectivity index (χ1n) is 3.88. The van der Waals surface area contributed by atoms with E-state index in [0.717, 1.165) is 0 Å². The molecular formula is C6H14NO6P. The van der Waals surface area contributed by atoms with Gasteiger partial charge in [-0.1, -0.05) is 0 Å². The van der Waals surface area contributed by atoms with Crippen molar-refractivity contribution in [2.24, 2.45) is 5.73 Å². The standard InChI is InChI=1S/C6H14NO6P/c1-6(9,14(10,11)12)5(8)13-4-2-3-7/h9H,2-4,7H2,1H3,(H2,10,11,12). The summed E-state index contributed by atoms with van der Waals surface area (Å²) < 4.78 is 15.1. The molecule has 0 spiro atoms. The van der Waals surface area contributed by atoms with Gasteiger partial charge >= 0.3 is 13.6 Å². The molecular weight excluding hydrogens is 213 g/mol. The summed E-state index contributed by atoms with van der Waals surface area (Å²) in [6.45, 7) is 0.912. The van der Waals surface area contributed by atoms with Gasteiger partial charge in [0.25, 0.3) is 5.34 Å². The van der Waals surface area contributed by atoms with Gasteiger partial charge in [0.05, 0.1) is 6.61 Å². The van der Waals surface area contributed by atoms with Gasteiger partial charge in [-0.15, -0.1) is 0 Å². The molecule has 0 rings (SSSR count). The number of nitrogens with two attached hydrogens (primary N) is 1. The van der Waals surface area contributed by atoms with E-state index < -0.39 is 18.9 Å². The van der Waals surface area contributed by atoms with E-state index in [1.165, 1.54) is 0 Å². The van der Waals surface area contributed by atoms with Crippen molar-refractivity contribution in [1.82, 2.24) is 0 Å². The lowest BCUT2D eigenvalue weighted by Gasteiger charge is -2.21. The fraction of sp³-hybridized carbons (Fsp3) is 0.833. The molecule has 0 aromatic carbocycles. The van der Waals surface area contributed by atoms with Crippen LogP contribution in [0.4, 0.5) is 0 Å². The van der Waals surface area contributed by atoms with Gasteiger partial charge in [0.15, 0.2) is 0 Å². The highest BCUT2D eigenvalue weighted by Crippen LogP contribution is 2.48. The van der Waals surface area contributed by atoms with E-state index in [4.69, 9.17) is 20.6 Å². The number of hydrogen-bond acceptors (Lipinski definition) is 5. The lowest BCUT2D eigenvalue weighted by atomic mass is 10.4. The average molecular weight is 227 g/mol. The minimum atomic E-state index is -4.92. The van der Waals surface area contributed by atoms with Crippen molar-refractivity contribution < 1.29 is 29.0 Å². The van der Waals surface area contributed by atoms with Gasteiger partial charge in [-0.3, -0.25) is 4.57 Å². The highest BCUT2D eigenvalue weighted by atomic mass is 31.2. The third-order valence-corrected chi connectivity index (χ3v) is 2.85. The Labute approximate surface area is 81.0 Å². The van der Waals surface area contributed by atoms with E-state index in [2.05, 4.69) is 4.74 Å². The largest absolute Gasteiger partial charge is 0.463 e. The minimum Gasteiger partial charge on any atom is -0.463 e. The molecule has 5 N–H and O–H groups in total. The zero-order valence-electron chi connectivity index (χ0n) is 7.71. The zero-order valence-corrected chi connectivity index (χ0v) is 8.61. The molecule has 8 heteroatoms. The predicted octanol–water partition coefficient (Wildman–Crippen LogP) is -1.24. The number of aliphatic hydroxyl groups is 1. The second-order valence-corrected chi connectivity index (χ2v) is 4.80. The van der Waals surface area contributed by atoms with E-state index in [9.17, 15) is 9.36 Å². The zero-order chi connectivity index (χ0) is 11.4. The second kappa shape index (κ2) is 4.86. The summed E-state index contributed by atoms with van der Waals surface area (Å²) in [4.78, 5) is 28.2. The topological polar surface area (TPSA) is 130 Å². The van der Waals surface area contributed by atoms with Crippen LogP contribution in [-0.4, -0.2) is 39.4 Å². The summed E-state index contributed by atoms with van der Waals surface area (Å²) in [6, 6.07) is 0. The highest BCUT2D eigenvalue weighted by Gasteiger charge is 2.49. The van der Waals surface area contributed by atoms with Crippen LogP contribution in [0.1, 0.15) is 13.3 Å². The molecule has 0 saturated carbocycles. The van der Waals surface area contributed by atoms with Crippen molar-refractivity contribution >= 4 is 13.6 Å². The molecule has 84 valence electrons. The number of rotatable bonds is 5. The fourth-order valence-electron chi connectivity index (χ4n) is 0.504. The van der Waals surface area contributed by atoms with Crippen molar-refractivity contribution in [1.29, 1.82) is 0 Å². The van der Waals surface area contributed by atoms with Crippen molar-refractivity contribution in [3.63, 3.8) is 0 Å². The van der Waals surface area contributed by atoms with Crippen molar-refractivity contribution in [2.45, 2.75) is 18.7 Å². The average Bonchev–Trinajstić information content (AvgIpc) is 2.02. The second-order valence-electron chi connectivity index (χ2n) is 2.84. The Balaban J connectivity index is 4.31. The molecule has 7 nitrogen and oxygen atoms in total. The van der Waals surface area contributed by atoms with E-state index in [0.29, 0.717) is 13.3 Å². The third-order valence-electron chi connectivity index (χ3n) is 1.54. The Morgan fingerprint density at radius 1 is 1.57 bits per heavy atom. The molecule has 0 aliphatic heterocycles. The minimum absolute atomic E-state index is 0.0779. The van der Waals surface area contributed by atoms with E-state index in [1.54, 1.807) is 0 Å². The van der Waals surface area contributed by atoms with Gasteiger partial charge < -0.3 is 25.4 Å². The summed E-state index contributed by atoms with van der Waals surface area (Å²) in [5.74, 6) is -1.35. The first-order valence-corrected chi connectivity index (χ1v) is 5.50. The summed E-state index contributed by atoms with van der Waals surface area (Å²) in [5.41, 5.74) is 5.10. The molecule has 0 saturated heterocycles. The predicted molar refractivity (Wildman–Crippen MR) is 47.3 cm³/mol. The number of carbonyl (C=O) groups is 1. The lowest BCUT2D eigenvalue weighted by Crippen LogP contribution is -2.36. The maximum Gasteiger partial charge on any atom is 0.368 e. The van der Waals surface area contributed by atoms with Gasteiger partial charge in [0, 0.05) is 0 Å². The smallest absolute Gasteiger partial charge is 0.368 e. The highest BCUT2D eigenvalue weighted by molar-refractivity contribution is 7.54. The van der Waals surface area contributed by atoms with Gasteiger partial charge in [0.2, 0.25) is 0 Å². The van der Waals surface area contributed by atoms with Crippen LogP contribution in [0.5, 0.6) is 0 Å². The molecule has 0 amide bonds. The van der Waals surface area contributed by atoms with Crippen LogP contribution >= 0.6 is 7.60 Å². The first kappa shape index (κ1) is 13.5. The fourth-order valence-corrected chi connectivity index (χ4v) is 0.806. The number of ether oxygens (including phenoxy) is 1. The molecule has 0 radical (unpaired) electrons. The lowest BCUT2D eigenvalue weighted by molar-refractivity contribution is -0.157. The van der Waals surface area contributed by atoms with Crippen molar-refractivity contribution in [3.8, 4) is 0 Å². The van der Waals surface area contributed by atoms with Gasteiger partial charge in [-0.25, -0.2) is 4.79 Å². The van der Waals surface area contributed by atoms with Crippen LogP contribution in [0.3, 0.4) is 0 Å². The number of hydrogen-bond donors (Lipinski definition) is 4. The van der Waals surface area contributed by atoms with Crippen molar-refractivity contribution in [2.75, 3.05) is 13.2 Å². The molecule has 0 aliphatic rings.